The lowest BCUT2D eigenvalue weighted by atomic mass is 9.96. The van der Waals surface area contributed by atoms with E-state index < -0.39 is 0 Å². The van der Waals surface area contributed by atoms with Crippen molar-refractivity contribution in [2.24, 2.45) is 0 Å². The van der Waals surface area contributed by atoms with E-state index >= 15 is 0 Å². The Balaban J connectivity index is 1.16. The highest BCUT2D eigenvalue weighted by atomic mass is 15.2. The second-order valence-corrected chi connectivity index (χ2v) is 12.6. The average molecular weight is 639 g/mol. The van der Waals surface area contributed by atoms with E-state index in [1.165, 1.54) is 43.4 Å². The van der Waals surface area contributed by atoms with Gasteiger partial charge in [-0.05, 0) is 116 Å². The van der Waals surface area contributed by atoms with Crippen molar-refractivity contribution >= 4 is 66.4 Å². The summed E-state index contributed by atoms with van der Waals surface area (Å²) in [6.45, 7) is 0. The SMILES string of the molecule is c1ccc(-c2ccc(N(c3ccc(N(c4ccccc4)c4ccccc4)cc3)c3ccc4c(ccc5c6ccccc6ccc45)c3)cc2)cc1. The van der Waals surface area contributed by atoms with Crippen molar-refractivity contribution in [1.29, 1.82) is 0 Å². The number of para-hydroxylation sites is 2. The minimum absolute atomic E-state index is 1.09. The van der Waals surface area contributed by atoms with E-state index in [1.807, 2.05) is 0 Å². The molecule has 0 bridgehead atoms. The highest BCUT2D eigenvalue weighted by Gasteiger charge is 2.17. The van der Waals surface area contributed by atoms with Crippen molar-refractivity contribution < 1.29 is 0 Å². The molecule has 0 atom stereocenters. The first kappa shape index (κ1) is 29.5. The van der Waals surface area contributed by atoms with E-state index in [0.717, 1.165) is 34.1 Å². The van der Waals surface area contributed by atoms with E-state index in [-0.39, 0.29) is 0 Å². The van der Waals surface area contributed by atoms with Crippen molar-refractivity contribution in [1.82, 2.24) is 0 Å². The Morgan fingerprint density at radius 1 is 0.220 bits per heavy atom. The summed E-state index contributed by atoms with van der Waals surface area (Å²) in [7, 11) is 0. The van der Waals surface area contributed by atoms with Gasteiger partial charge in [-0.2, -0.15) is 0 Å². The molecule has 0 heterocycles. The molecule has 9 aromatic rings. The molecule has 0 radical (unpaired) electrons. The van der Waals surface area contributed by atoms with Gasteiger partial charge in [0.15, 0.2) is 0 Å². The lowest BCUT2D eigenvalue weighted by molar-refractivity contribution is 1.26. The third kappa shape index (κ3) is 5.43. The van der Waals surface area contributed by atoms with Crippen LogP contribution in [0.5, 0.6) is 0 Å². The predicted molar refractivity (Wildman–Crippen MR) is 214 cm³/mol. The van der Waals surface area contributed by atoms with E-state index in [2.05, 4.69) is 216 Å². The van der Waals surface area contributed by atoms with Crippen LogP contribution < -0.4 is 9.80 Å². The number of hydrogen-bond donors (Lipinski definition) is 0. The second kappa shape index (κ2) is 12.8. The molecular formula is C48H34N2. The Labute approximate surface area is 292 Å². The van der Waals surface area contributed by atoms with Crippen molar-refractivity contribution in [3.8, 4) is 11.1 Å². The van der Waals surface area contributed by atoms with Gasteiger partial charge in [-0.25, -0.2) is 0 Å². The molecule has 0 aliphatic rings. The predicted octanol–water partition coefficient (Wildman–Crippen LogP) is 13.8. The first-order valence-electron chi connectivity index (χ1n) is 17.1. The molecule has 0 aliphatic carbocycles. The Hall–Kier alpha value is -6.64. The van der Waals surface area contributed by atoms with Gasteiger partial charge >= 0.3 is 0 Å². The zero-order valence-electron chi connectivity index (χ0n) is 27.5. The van der Waals surface area contributed by atoms with Gasteiger partial charge in [0, 0.05) is 34.1 Å². The van der Waals surface area contributed by atoms with Gasteiger partial charge in [-0.3, -0.25) is 0 Å². The van der Waals surface area contributed by atoms with Crippen LogP contribution in [0, 0.1) is 0 Å². The molecule has 0 saturated heterocycles. The smallest absolute Gasteiger partial charge is 0.0468 e. The Morgan fingerprint density at radius 2 is 0.600 bits per heavy atom. The third-order valence-electron chi connectivity index (χ3n) is 9.61. The molecule has 0 unspecified atom stereocenters. The minimum Gasteiger partial charge on any atom is -0.311 e. The van der Waals surface area contributed by atoms with Crippen LogP contribution in [0.2, 0.25) is 0 Å². The molecule has 0 fully saturated rings. The third-order valence-corrected chi connectivity index (χ3v) is 9.61. The fraction of sp³-hybridized carbons (Fsp3) is 0. The summed E-state index contributed by atoms with van der Waals surface area (Å²) in [4.78, 5) is 4.66. The fourth-order valence-corrected chi connectivity index (χ4v) is 7.19. The molecule has 0 amide bonds. The molecule has 0 N–H and O–H groups in total. The maximum atomic E-state index is 2.36. The van der Waals surface area contributed by atoms with Crippen LogP contribution in [0.15, 0.2) is 206 Å². The summed E-state index contributed by atoms with van der Waals surface area (Å²) in [6, 6.07) is 74.0. The van der Waals surface area contributed by atoms with Crippen LogP contribution in [-0.4, -0.2) is 0 Å². The van der Waals surface area contributed by atoms with Crippen molar-refractivity contribution in [2.75, 3.05) is 9.80 Å². The fourth-order valence-electron chi connectivity index (χ4n) is 7.19. The normalized spacial score (nSPS) is 11.2. The molecule has 0 aliphatic heterocycles. The second-order valence-electron chi connectivity index (χ2n) is 12.6. The number of fused-ring (bicyclic) bond motifs is 5. The number of anilines is 6. The topological polar surface area (TPSA) is 6.48 Å². The summed E-state index contributed by atoms with van der Waals surface area (Å²) >= 11 is 0. The van der Waals surface area contributed by atoms with Crippen LogP contribution in [-0.2, 0) is 0 Å². The Morgan fingerprint density at radius 3 is 1.20 bits per heavy atom. The highest BCUT2D eigenvalue weighted by Crippen LogP contribution is 2.41. The lowest BCUT2D eigenvalue weighted by Gasteiger charge is -2.28. The van der Waals surface area contributed by atoms with Gasteiger partial charge in [-0.15, -0.1) is 0 Å². The van der Waals surface area contributed by atoms with Gasteiger partial charge in [0.2, 0.25) is 0 Å². The van der Waals surface area contributed by atoms with E-state index in [0.29, 0.717) is 0 Å². The summed E-state index contributed by atoms with van der Waals surface area (Å²) in [5, 5.41) is 7.59. The van der Waals surface area contributed by atoms with Gasteiger partial charge in [-0.1, -0.05) is 133 Å². The van der Waals surface area contributed by atoms with Gasteiger partial charge in [0.05, 0.1) is 0 Å². The van der Waals surface area contributed by atoms with Crippen LogP contribution in [0.1, 0.15) is 0 Å². The van der Waals surface area contributed by atoms with E-state index in [1.54, 1.807) is 0 Å². The zero-order valence-corrected chi connectivity index (χ0v) is 27.5. The van der Waals surface area contributed by atoms with E-state index in [4.69, 9.17) is 0 Å². The van der Waals surface area contributed by atoms with Gasteiger partial charge < -0.3 is 9.80 Å². The summed E-state index contributed by atoms with van der Waals surface area (Å²) in [6.07, 6.45) is 0. The van der Waals surface area contributed by atoms with Gasteiger partial charge in [0.25, 0.3) is 0 Å². The number of nitrogens with zero attached hydrogens (tertiary/aromatic N) is 2. The highest BCUT2D eigenvalue weighted by molar-refractivity contribution is 6.17. The zero-order chi connectivity index (χ0) is 33.3. The first-order valence-corrected chi connectivity index (χ1v) is 17.1. The standard InChI is InChI=1S/C48H34N2/c1-4-12-35(13-5-1)36-20-24-41(25-21-36)50(43-28-26-42(27-29-43)49(39-15-6-2-7-16-39)40-17-8-3-9-18-40)44-30-33-46-38(34-44)23-32-47-45-19-11-10-14-37(45)22-31-48(46)47/h1-34H. The van der Waals surface area contributed by atoms with Crippen molar-refractivity contribution in [3.05, 3.63) is 206 Å². The molecule has 9 rings (SSSR count). The maximum Gasteiger partial charge on any atom is 0.0468 e. The molecule has 2 heteroatoms. The lowest BCUT2D eigenvalue weighted by Crippen LogP contribution is -2.12. The molecule has 2 nitrogen and oxygen atoms in total. The van der Waals surface area contributed by atoms with E-state index in [9.17, 15) is 0 Å². The molecule has 50 heavy (non-hydrogen) atoms. The van der Waals surface area contributed by atoms with Crippen LogP contribution in [0.25, 0.3) is 43.4 Å². The largest absolute Gasteiger partial charge is 0.311 e. The van der Waals surface area contributed by atoms with Crippen molar-refractivity contribution in [2.45, 2.75) is 0 Å². The average Bonchev–Trinajstić information content (AvgIpc) is 3.20. The summed E-state index contributed by atoms with van der Waals surface area (Å²) < 4.78 is 0. The minimum atomic E-state index is 1.09. The van der Waals surface area contributed by atoms with Crippen molar-refractivity contribution in [3.63, 3.8) is 0 Å². The van der Waals surface area contributed by atoms with Crippen LogP contribution in [0.4, 0.5) is 34.1 Å². The number of rotatable bonds is 7. The number of hydrogen-bond acceptors (Lipinski definition) is 2. The quantitative estimate of drug-likeness (QED) is 0.160. The Bertz CT molecular complexity index is 2520. The molecule has 9 aromatic carbocycles. The first-order chi connectivity index (χ1) is 24.8. The summed E-state index contributed by atoms with van der Waals surface area (Å²) in [5.41, 5.74) is 9.05. The molecule has 0 spiro atoms. The van der Waals surface area contributed by atoms with Gasteiger partial charge in [0.1, 0.15) is 0 Å². The molecule has 236 valence electrons. The van der Waals surface area contributed by atoms with Crippen LogP contribution >= 0.6 is 0 Å². The summed E-state index contributed by atoms with van der Waals surface area (Å²) in [5.74, 6) is 0. The van der Waals surface area contributed by atoms with Crippen LogP contribution in [0.3, 0.4) is 0 Å². The Kier molecular flexibility index (Phi) is 7.53. The maximum absolute atomic E-state index is 2.36. The molecular weight excluding hydrogens is 605 g/mol. The molecule has 0 saturated carbocycles. The molecule has 0 aromatic heterocycles. The monoisotopic (exact) mass is 638 g/mol. The number of benzene rings is 9.